The Morgan fingerprint density at radius 2 is 1.76 bits per heavy atom. The fraction of sp³-hybridized carbons (Fsp3) is 0.273. The van der Waals surface area contributed by atoms with Crippen molar-refractivity contribution in [2.75, 3.05) is 18.8 Å². The van der Waals surface area contributed by atoms with Gasteiger partial charge in [0.25, 0.3) is 0 Å². The van der Waals surface area contributed by atoms with Gasteiger partial charge in [0.2, 0.25) is 5.91 Å². The highest BCUT2D eigenvalue weighted by Crippen LogP contribution is 2.10. The lowest BCUT2D eigenvalue weighted by Crippen LogP contribution is -2.37. The van der Waals surface area contributed by atoms with E-state index in [2.05, 4.69) is 10.6 Å². The van der Waals surface area contributed by atoms with Crippen LogP contribution in [0.25, 0.3) is 0 Å². The Kier molecular flexibility index (Phi) is 4.80. The van der Waals surface area contributed by atoms with Crippen molar-refractivity contribution in [2.24, 2.45) is 5.73 Å². The van der Waals surface area contributed by atoms with Crippen molar-refractivity contribution >= 4 is 17.6 Å². The molecule has 0 heterocycles. The van der Waals surface area contributed by atoms with Gasteiger partial charge in [-0.3, -0.25) is 4.79 Å². The number of primary amides is 1. The molecule has 1 rings (SSSR count). The van der Waals surface area contributed by atoms with Crippen molar-refractivity contribution in [3.05, 3.63) is 29.8 Å². The quantitative estimate of drug-likeness (QED) is 0.412. The van der Waals surface area contributed by atoms with E-state index in [-0.39, 0.29) is 12.3 Å². The Labute approximate surface area is 99.4 Å². The van der Waals surface area contributed by atoms with E-state index in [1.165, 1.54) is 0 Å². The van der Waals surface area contributed by atoms with Gasteiger partial charge in [0.05, 0.1) is 6.42 Å². The first kappa shape index (κ1) is 12.8. The number of hydrogen-bond acceptors (Lipinski definition) is 3. The number of anilines is 1. The number of para-hydroxylation sites is 1. The Hall–Kier alpha value is -2.24. The van der Waals surface area contributed by atoms with E-state index >= 15 is 0 Å². The standard InChI is InChI=1S/C11H16N4O2/c12-9-4-2-1-3-8(9)7-10(16)14-5-6-15-11(13)17/h1-4H,5-7,12H2,(H,14,16)(H3,13,15,17). The molecule has 0 aliphatic rings. The van der Waals surface area contributed by atoms with E-state index in [4.69, 9.17) is 11.5 Å². The molecule has 92 valence electrons. The lowest BCUT2D eigenvalue weighted by molar-refractivity contribution is -0.120. The van der Waals surface area contributed by atoms with Crippen molar-refractivity contribution < 1.29 is 9.59 Å². The van der Waals surface area contributed by atoms with Gasteiger partial charge in [-0.15, -0.1) is 0 Å². The van der Waals surface area contributed by atoms with E-state index < -0.39 is 6.03 Å². The van der Waals surface area contributed by atoms with Gasteiger partial charge in [-0.05, 0) is 11.6 Å². The molecule has 17 heavy (non-hydrogen) atoms. The fourth-order valence-electron chi connectivity index (χ4n) is 1.32. The lowest BCUT2D eigenvalue weighted by Gasteiger charge is -2.07. The van der Waals surface area contributed by atoms with Crippen molar-refractivity contribution in [1.29, 1.82) is 0 Å². The van der Waals surface area contributed by atoms with Crippen molar-refractivity contribution in [1.82, 2.24) is 10.6 Å². The molecular weight excluding hydrogens is 220 g/mol. The van der Waals surface area contributed by atoms with E-state index in [0.717, 1.165) is 5.56 Å². The predicted molar refractivity (Wildman–Crippen MR) is 65.2 cm³/mol. The molecule has 0 atom stereocenters. The molecule has 6 heteroatoms. The van der Waals surface area contributed by atoms with Crippen LogP contribution in [0.3, 0.4) is 0 Å². The van der Waals surface area contributed by atoms with Crippen molar-refractivity contribution in [3.8, 4) is 0 Å². The van der Waals surface area contributed by atoms with E-state index in [0.29, 0.717) is 18.8 Å². The first-order valence-corrected chi connectivity index (χ1v) is 5.23. The van der Waals surface area contributed by atoms with Gasteiger partial charge in [0.1, 0.15) is 0 Å². The third-order valence-electron chi connectivity index (χ3n) is 2.15. The van der Waals surface area contributed by atoms with Crippen LogP contribution in [-0.2, 0) is 11.2 Å². The summed E-state index contributed by atoms with van der Waals surface area (Å²) in [6.45, 7) is 0.653. The fourth-order valence-corrected chi connectivity index (χ4v) is 1.32. The lowest BCUT2D eigenvalue weighted by atomic mass is 10.1. The molecule has 3 amide bonds. The number of hydrogen-bond donors (Lipinski definition) is 4. The molecule has 0 saturated carbocycles. The molecule has 0 unspecified atom stereocenters. The molecule has 0 spiro atoms. The maximum atomic E-state index is 11.5. The molecule has 0 bridgehead atoms. The van der Waals surface area contributed by atoms with Gasteiger partial charge >= 0.3 is 6.03 Å². The minimum absolute atomic E-state index is 0.144. The summed E-state index contributed by atoms with van der Waals surface area (Å²) in [6, 6.07) is 6.58. The SMILES string of the molecule is NC(=O)NCCNC(=O)Cc1ccccc1N. The van der Waals surface area contributed by atoms with Crippen molar-refractivity contribution in [3.63, 3.8) is 0 Å². The van der Waals surface area contributed by atoms with Crippen LogP contribution < -0.4 is 22.1 Å². The number of carbonyl (C=O) groups excluding carboxylic acids is 2. The predicted octanol–water partition coefficient (Wildman–Crippen LogP) is -0.404. The van der Waals surface area contributed by atoms with Gasteiger partial charge in [-0.1, -0.05) is 18.2 Å². The average molecular weight is 236 g/mol. The second-order valence-corrected chi connectivity index (χ2v) is 3.52. The number of benzene rings is 1. The summed E-state index contributed by atoms with van der Waals surface area (Å²) in [6.07, 6.45) is 0.225. The van der Waals surface area contributed by atoms with E-state index in [1.807, 2.05) is 12.1 Å². The number of amides is 3. The second-order valence-electron chi connectivity index (χ2n) is 3.52. The minimum atomic E-state index is -0.605. The third kappa shape index (κ3) is 4.87. The van der Waals surface area contributed by atoms with Gasteiger partial charge in [-0.2, -0.15) is 0 Å². The molecule has 1 aromatic carbocycles. The zero-order chi connectivity index (χ0) is 12.7. The number of carbonyl (C=O) groups is 2. The van der Waals surface area contributed by atoms with Crippen LogP contribution >= 0.6 is 0 Å². The monoisotopic (exact) mass is 236 g/mol. The summed E-state index contributed by atoms with van der Waals surface area (Å²) in [7, 11) is 0. The normalized spacial score (nSPS) is 9.65. The number of nitrogens with two attached hydrogens (primary N) is 2. The molecular formula is C11H16N4O2. The number of nitrogens with one attached hydrogen (secondary N) is 2. The van der Waals surface area contributed by atoms with Gasteiger partial charge in [-0.25, -0.2) is 4.79 Å². The maximum absolute atomic E-state index is 11.5. The molecule has 0 fully saturated rings. The highest BCUT2D eigenvalue weighted by atomic mass is 16.2. The molecule has 1 aromatic rings. The summed E-state index contributed by atoms with van der Waals surface area (Å²) in [5, 5.41) is 5.02. The van der Waals surface area contributed by atoms with Gasteiger partial charge in [0.15, 0.2) is 0 Å². The minimum Gasteiger partial charge on any atom is -0.398 e. The van der Waals surface area contributed by atoms with E-state index in [1.54, 1.807) is 12.1 Å². The maximum Gasteiger partial charge on any atom is 0.312 e. The Morgan fingerprint density at radius 3 is 2.41 bits per heavy atom. The third-order valence-corrected chi connectivity index (χ3v) is 2.15. The molecule has 0 aliphatic carbocycles. The zero-order valence-corrected chi connectivity index (χ0v) is 9.40. The summed E-state index contributed by atoms with van der Waals surface area (Å²) < 4.78 is 0. The Balaban J connectivity index is 2.30. The largest absolute Gasteiger partial charge is 0.398 e. The Morgan fingerprint density at radius 1 is 1.12 bits per heavy atom. The summed E-state index contributed by atoms with van der Waals surface area (Å²) in [4.78, 5) is 21.9. The van der Waals surface area contributed by atoms with Crippen LogP contribution in [0.15, 0.2) is 24.3 Å². The van der Waals surface area contributed by atoms with Gasteiger partial charge in [0, 0.05) is 18.8 Å². The van der Waals surface area contributed by atoms with Crippen LogP contribution in [0.5, 0.6) is 0 Å². The summed E-state index contributed by atoms with van der Waals surface area (Å²) in [5.74, 6) is -0.144. The zero-order valence-electron chi connectivity index (χ0n) is 9.40. The summed E-state index contributed by atoms with van der Waals surface area (Å²) in [5.41, 5.74) is 12.0. The van der Waals surface area contributed by atoms with Crippen LogP contribution in [-0.4, -0.2) is 25.0 Å². The van der Waals surface area contributed by atoms with Crippen LogP contribution in [0.2, 0.25) is 0 Å². The molecule has 0 aliphatic heterocycles. The Bertz CT molecular complexity index is 406. The molecule has 6 nitrogen and oxygen atoms in total. The molecule has 0 saturated heterocycles. The topological polar surface area (TPSA) is 110 Å². The summed E-state index contributed by atoms with van der Waals surface area (Å²) >= 11 is 0. The number of nitrogen functional groups attached to an aromatic ring is 1. The first-order chi connectivity index (χ1) is 8.09. The van der Waals surface area contributed by atoms with Gasteiger partial charge < -0.3 is 22.1 Å². The molecule has 6 N–H and O–H groups in total. The van der Waals surface area contributed by atoms with Crippen LogP contribution in [0.4, 0.5) is 10.5 Å². The van der Waals surface area contributed by atoms with Crippen LogP contribution in [0.1, 0.15) is 5.56 Å². The van der Waals surface area contributed by atoms with Crippen LogP contribution in [0, 0.1) is 0 Å². The van der Waals surface area contributed by atoms with Crippen molar-refractivity contribution in [2.45, 2.75) is 6.42 Å². The number of urea groups is 1. The second kappa shape index (κ2) is 6.37. The highest BCUT2D eigenvalue weighted by Gasteiger charge is 2.05. The highest BCUT2D eigenvalue weighted by molar-refractivity contribution is 5.80. The smallest absolute Gasteiger partial charge is 0.312 e. The number of rotatable bonds is 5. The molecule has 0 radical (unpaired) electrons. The van der Waals surface area contributed by atoms with E-state index in [9.17, 15) is 9.59 Å². The average Bonchev–Trinajstić information content (AvgIpc) is 2.27. The molecule has 0 aromatic heterocycles. The first-order valence-electron chi connectivity index (χ1n) is 5.23.